The van der Waals surface area contributed by atoms with Crippen LogP contribution in [-0.4, -0.2) is 48.3 Å². The number of hydrogen-bond donors (Lipinski definition) is 2. The van der Waals surface area contributed by atoms with E-state index in [0.717, 1.165) is 18.8 Å². The van der Waals surface area contributed by atoms with Crippen molar-refractivity contribution >= 4 is 23.2 Å². The lowest BCUT2D eigenvalue weighted by molar-refractivity contribution is -0.146. The van der Waals surface area contributed by atoms with Crippen molar-refractivity contribution in [2.24, 2.45) is 0 Å². The molecular formula is C14H15NO5. The zero-order valence-corrected chi connectivity index (χ0v) is 10.8. The Balaban J connectivity index is 2.11. The zero-order valence-electron chi connectivity index (χ0n) is 10.8. The van der Waals surface area contributed by atoms with Gasteiger partial charge in [-0.05, 0) is 24.3 Å². The Kier molecular flexibility index (Phi) is 4.37. The Morgan fingerprint density at radius 2 is 1.70 bits per heavy atom. The molecule has 0 bridgehead atoms. The minimum atomic E-state index is -1.60. The molecule has 1 aliphatic rings. The van der Waals surface area contributed by atoms with Crippen LogP contribution in [0.15, 0.2) is 30.3 Å². The monoisotopic (exact) mass is 277 g/mol. The maximum absolute atomic E-state index is 11.0. The lowest BCUT2D eigenvalue weighted by atomic mass is 10.1. The smallest absolute Gasteiger partial charge is 0.376 e. The number of aliphatic hydroxyl groups excluding tert-OH is 1. The molecule has 20 heavy (non-hydrogen) atoms. The maximum atomic E-state index is 11.0. The minimum Gasteiger partial charge on any atom is -0.507 e. The first kappa shape index (κ1) is 14.1. The van der Waals surface area contributed by atoms with Crippen molar-refractivity contribution in [3.05, 3.63) is 35.9 Å². The molecule has 1 heterocycles. The van der Waals surface area contributed by atoms with Gasteiger partial charge in [-0.25, -0.2) is 4.79 Å². The molecule has 0 spiro atoms. The molecule has 1 fully saturated rings. The van der Waals surface area contributed by atoms with Gasteiger partial charge in [0.25, 0.3) is 5.78 Å². The van der Waals surface area contributed by atoms with E-state index in [1.165, 1.54) is 0 Å². The third-order valence-electron chi connectivity index (χ3n) is 3.02. The highest BCUT2D eigenvalue weighted by Gasteiger charge is 2.13. The highest BCUT2D eigenvalue weighted by Crippen LogP contribution is 2.19. The number of carbonyl (C=O) groups excluding carboxylic acids is 1. The number of aliphatic hydroxyl groups is 1. The van der Waals surface area contributed by atoms with Crippen LogP contribution in [0.4, 0.5) is 5.69 Å². The summed E-state index contributed by atoms with van der Waals surface area (Å²) in [7, 11) is 0. The van der Waals surface area contributed by atoms with Crippen molar-refractivity contribution < 1.29 is 24.5 Å². The third kappa shape index (κ3) is 3.36. The Morgan fingerprint density at radius 1 is 1.10 bits per heavy atom. The summed E-state index contributed by atoms with van der Waals surface area (Å²) in [6, 6.07) is 6.92. The number of ketones is 1. The number of carboxylic acid groups (broad SMARTS) is 1. The Hall–Kier alpha value is -2.34. The number of benzene rings is 1. The van der Waals surface area contributed by atoms with Crippen LogP contribution in [-0.2, 0) is 14.3 Å². The molecule has 2 rings (SSSR count). The van der Waals surface area contributed by atoms with E-state index in [1.54, 1.807) is 12.1 Å². The summed E-state index contributed by atoms with van der Waals surface area (Å²) < 4.78 is 5.27. The highest BCUT2D eigenvalue weighted by molar-refractivity contribution is 6.38. The SMILES string of the molecule is O=C(O)C(=O)C=C(O)c1ccc(N2CCOCC2)cc1. The van der Waals surface area contributed by atoms with Crippen LogP contribution in [0.25, 0.3) is 5.76 Å². The van der Waals surface area contributed by atoms with Crippen LogP contribution in [0.1, 0.15) is 5.56 Å². The zero-order chi connectivity index (χ0) is 14.5. The fraction of sp³-hybridized carbons (Fsp3) is 0.286. The van der Waals surface area contributed by atoms with Crippen molar-refractivity contribution in [1.82, 2.24) is 0 Å². The van der Waals surface area contributed by atoms with Gasteiger partial charge in [0.1, 0.15) is 5.76 Å². The average molecular weight is 277 g/mol. The lowest BCUT2D eigenvalue weighted by Crippen LogP contribution is -2.36. The summed E-state index contributed by atoms with van der Waals surface area (Å²) in [6.07, 6.45) is 0.700. The van der Waals surface area contributed by atoms with Gasteiger partial charge in [-0.15, -0.1) is 0 Å². The summed E-state index contributed by atoms with van der Waals surface area (Å²) in [6.45, 7) is 2.97. The van der Waals surface area contributed by atoms with E-state index < -0.39 is 11.8 Å². The molecule has 0 radical (unpaired) electrons. The van der Waals surface area contributed by atoms with Gasteiger partial charge >= 0.3 is 5.97 Å². The summed E-state index contributed by atoms with van der Waals surface area (Å²) in [5, 5.41) is 18.2. The number of rotatable bonds is 4. The first-order valence-corrected chi connectivity index (χ1v) is 6.19. The van der Waals surface area contributed by atoms with Crippen molar-refractivity contribution in [2.45, 2.75) is 0 Å². The quantitative estimate of drug-likeness (QED) is 0.486. The van der Waals surface area contributed by atoms with Gasteiger partial charge in [-0.2, -0.15) is 0 Å². The molecule has 1 saturated heterocycles. The molecule has 0 aromatic heterocycles. The van der Waals surface area contributed by atoms with E-state index in [-0.39, 0.29) is 5.76 Å². The molecule has 106 valence electrons. The predicted octanol–water partition coefficient (Wildman–Crippen LogP) is 1.08. The van der Waals surface area contributed by atoms with E-state index in [0.29, 0.717) is 24.9 Å². The van der Waals surface area contributed by atoms with Crippen molar-refractivity contribution in [1.29, 1.82) is 0 Å². The second-order valence-electron chi connectivity index (χ2n) is 4.35. The number of ether oxygens (including phenoxy) is 1. The standard InChI is InChI=1S/C14H15NO5/c16-12(9-13(17)14(18)19)10-1-3-11(4-2-10)15-5-7-20-8-6-15/h1-4,9,16H,5-8H2,(H,18,19). The van der Waals surface area contributed by atoms with Crippen LogP contribution in [0.2, 0.25) is 0 Å². The van der Waals surface area contributed by atoms with Gasteiger partial charge in [0, 0.05) is 30.4 Å². The van der Waals surface area contributed by atoms with Crippen LogP contribution < -0.4 is 4.90 Å². The summed E-state index contributed by atoms with van der Waals surface area (Å²) in [5.41, 5.74) is 1.39. The first-order valence-electron chi connectivity index (χ1n) is 6.19. The summed E-state index contributed by atoms with van der Waals surface area (Å²) in [4.78, 5) is 23.5. The fourth-order valence-electron chi connectivity index (χ4n) is 1.93. The second kappa shape index (κ2) is 6.21. The summed E-state index contributed by atoms with van der Waals surface area (Å²) in [5.74, 6) is -3.10. The normalized spacial score (nSPS) is 16.0. The molecule has 6 nitrogen and oxygen atoms in total. The number of carbonyl (C=O) groups is 2. The maximum Gasteiger partial charge on any atom is 0.376 e. The number of aliphatic carboxylic acids is 1. The molecular weight excluding hydrogens is 262 g/mol. The van der Waals surface area contributed by atoms with Crippen LogP contribution in [0.3, 0.4) is 0 Å². The van der Waals surface area contributed by atoms with Gasteiger partial charge < -0.3 is 19.8 Å². The molecule has 0 unspecified atom stereocenters. The number of carboxylic acids is 1. The van der Waals surface area contributed by atoms with Gasteiger partial charge in [0.2, 0.25) is 0 Å². The minimum absolute atomic E-state index is 0.356. The molecule has 1 aliphatic heterocycles. The van der Waals surface area contributed by atoms with Crippen LogP contribution in [0, 0.1) is 0 Å². The van der Waals surface area contributed by atoms with Crippen LogP contribution in [0.5, 0.6) is 0 Å². The number of hydrogen-bond acceptors (Lipinski definition) is 5. The lowest BCUT2D eigenvalue weighted by Gasteiger charge is -2.28. The third-order valence-corrected chi connectivity index (χ3v) is 3.02. The predicted molar refractivity (Wildman–Crippen MR) is 72.7 cm³/mol. The van der Waals surface area contributed by atoms with Crippen molar-refractivity contribution in [2.75, 3.05) is 31.2 Å². The Bertz CT molecular complexity index is 529. The molecule has 0 aliphatic carbocycles. The summed E-state index contributed by atoms with van der Waals surface area (Å²) >= 11 is 0. The molecule has 1 aromatic rings. The van der Waals surface area contributed by atoms with Crippen molar-refractivity contribution in [3.8, 4) is 0 Å². The van der Waals surface area contributed by atoms with E-state index >= 15 is 0 Å². The molecule has 0 saturated carbocycles. The largest absolute Gasteiger partial charge is 0.507 e. The van der Waals surface area contributed by atoms with E-state index in [4.69, 9.17) is 9.84 Å². The molecule has 1 aromatic carbocycles. The number of anilines is 1. The average Bonchev–Trinajstić information content (AvgIpc) is 2.48. The highest BCUT2D eigenvalue weighted by atomic mass is 16.5. The molecule has 6 heteroatoms. The first-order chi connectivity index (χ1) is 9.58. The van der Waals surface area contributed by atoms with Crippen LogP contribution >= 0.6 is 0 Å². The molecule has 0 amide bonds. The van der Waals surface area contributed by atoms with Gasteiger partial charge in [0.15, 0.2) is 0 Å². The Labute approximate surface area is 115 Å². The number of nitrogens with zero attached hydrogens (tertiary/aromatic N) is 1. The van der Waals surface area contributed by atoms with Gasteiger partial charge in [-0.1, -0.05) is 0 Å². The molecule has 0 atom stereocenters. The van der Waals surface area contributed by atoms with E-state index in [2.05, 4.69) is 4.90 Å². The number of morpholine rings is 1. The fourth-order valence-corrected chi connectivity index (χ4v) is 1.93. The van der Waals surface area contributed by atoms with Crippen molar-refractivity contribution in [3.63, 3.8) is 0 Å². The van der Waals surface area contributed by atoms with E-state index in [9.17, 15) is 14.7 Å². The van der Waals surface area contributed by atoms with Gasteiger partial charge in [-0.3, -0.25) is 4.79 Å². The molecule has 2 N–H and O–H groups in total. The van der Waals surface area contributed by atoms with E-state index in [1.807, 2.05) is 12.1 Å². The van der Waals surface area contributed by atoms with Gasteiger partial charge in [0.05, 0.1) is 13.2 Å². The second-order valence-corrected chi connectivity index (χ2v) is 4.35. The topological polar surface area (TPSA) is 87.1 Å². The Morgan fingerprint density at radius 3 is 2.25 bits per heavy atom.